The van der Waals surface area contributed by atoms with Crippen LogP contribution in [0.4, 0.5) is 5.69 Å². The molecular formula is C25H20N2O3. The van der Waals surface area contributed by atoms with Gasteiger partial charge < -0.3 is 15.0 Å². The van der Waals surface area contributed by atoms with Crippen LogP contribution >= 0.6 is 0 Å². The van der Waals surface area contributed by atoms with Crippen molar-refractivity contribution in [3.63, 3.8) is 0 Å². The summed E-state index contributed by atoms with van der Waals surface area (Å²) in [5, 5.41) is 2.72. The predicted molar refractivity (Wildman–Crippen MR) is 119 cm³/mol. The minimum absolute atomic E-state index is 0.0440. The zero-order valence-electron chi connectivity index (χ0n) is 16.4. The monoisotopic (exact) mass is 396 g/mol. The van der Waals surface area contributed by atoms with Gasteiger partial charge in [0.2, 0.25) is 0 Å². The molecule has 148 valence electrons. The number of H-pyrrole nitrogens is 1. The molecule has 5 heteroatoms. The zero-order valence-corrected chi connectivity index (χ0v) is 16.4. The lowest BCUT2D eigenvalue weighted by atomic mass is 10.0. The molecule has 4 rings (SSSR count). The number of benzene rings is 3. The normalized spacial score (nSPS) is 10.4. The van der Waals surface area contributed by atoms with E-state index in [0.717, 1.165) is 16.7 Å². The van der Waals surface area contributed by atoms with E-state index < -0.39 is 11.5 Å². The molecule has 4 aromatic rings. The second-order valence-electron chi connectivity index (χ2n) is 6.74. The lowest BCUT2D eigenvalue weighted by Gasteiger charge is -2.08. The van der Waals surface area contributed by atoms with E-state index >= 15 is 0 Å². The van der Waals surface area contributed by atoms with Crippen LogP contribution in [0.5, 0.6) is 5.75 Å². The summed E-state index contributed by atoms with van der Waals surface area (Å²) in [6.07, 6.45) is 0. The maximum atomic E-state index is 12.5. The van der Waals surface area contributed by atoms with Gasteiger partial charge in [0.1, 0.15) is 11.3 Å². The highest BCUT2D eigenvalue weighted by Crippen LogP contribution is 2.23. The van der Waals surface area contributed by atoms with Crippen molar-refractivity contribution in [2.24, 2.45) is 0 Å². The third-order valence-electron chi connectivity index (χ3n) is 4.78. The molecule has 1 aromatic heterocycles. The highest BCUT2D eigenvalue weighted by atomic mass is 16.5. The number of carbonyl (C=O) groups is 1. The second-order valence-corrected chi connectivity index (χ2v) is 6.74. The molecular weight excluding hydrogens is 376 g/mol. The minimum Gasteiger partial charge on any atom is -0.497 e. The first kappa shape index (κ1) is 19.2. The lowest BCUT2D eigenvalue weighted by molar-refractivity contribution is 0.102. The van der Waals surface area contributed by atoms with Gasteiger partial charge in [0.05, 0.1) is 7.11 Å². The van der Waals surface area contributed by atoms with E-state index in [-0.39, 0.29) is 5.56 Å². The van der Waals surface area contributed by atoms with Crippen LogP contribution < -0.4 is 15.6 Å². The molecule has 0 unspecified atom stereocenters. The Hall–Kier alpha value is -4.12. The van der Waals surface area contributed by atoms with Crippen LogP contribution in [-0.4, -0.2) is 18.0 Å². The van der Waals surface area contributed by atoms with Gasteiger partial charge in [-0.25, -0.2) is 0 Å². The van der Waals surface area contributed by atoms with Gasteiger partial charge in [0.25, 0.3) is 11.5 Å². The SMILES string of the molecule is COc1cccc(NC(=O)c2ccc(-c3ccc(-c4ccccc4)cc3)[nH]c2=O)c1. The Kier molecular flexibility index (Phi) is 5.44. The summed E-state index contributed by atoms with van der Waals surface area (Å²) in [4.78, 5) is 27.8. The smallest absolute Gasteiger partial charge is 0.261 e. The standard InChI is InChI=1S/C25H20N2O3/c1-30-21-9-5-8-20(16-21)26-24(28)22-14-15-23(27-25(22)29)19-12-10-18(11-13-19)17-6-3-2-4-7-17/h2-16H,1H3,(H,26,28)(H,27,29). The Morgan fingerprint density at radius 1 is 0.800 bits per heavy atom. The Labute approximate surface area is 174 Å². The quantitative estimate of drug-likeness (QED) is 0.500. The van der Waals surface area contributed by atoms with Crippen molar-refractivity contribution >= 4 is 11.6 Å². The molecule has 0 saturated carbocycles. The predicted octanol–water partition coefficient (Wildman–Crippen LogP) is 4.97. The molecule has 0 spiro atoms. The summed E-state index contributed by atoms with van der Waals surface area (Å²) < 4.78 is 5.15. The number of rotatable bonds is 5. The number of aromatic nitrogens is 1. The van der Waals surface area contributed by atoms with Gasteiger partial charge in [-0.15, -0.1) is 0 Å². The van der Waals surface area contributed by atoms with E-state index in [1.165, 1.54) is 6.07 Å². The van der Waals surface area contributed by atoms with Crippen LogP contribution in [0, 0.1) is 0 Å². The third kappa shape index (κ3) is 4.15. The molecule has 0 atom stereocenters. The van der Waals surface area contributed by atoms with Gasteiger partial charge in [0, 0.05) is 17.4 Å². The van der Waals surface area contributed by atoms with Gasteiger partial charge >= 0.3 is 0 Å². The average Bonchev–Trinajstić information content (AvgIpc) is 2.79. The highest BCUT2D eigenvalue weighted by molar-refractivity contribution is 6.04. The maximum Gasteiger partial charge on any atom is 0.261 e. The first-order valence-corrected chi connectivity index (χ1v) is 9.48. The lowest BCUT2D eigenvalue weighted by Crippen LogP contribution is -2.23. The summed E-state index contributed by atoms with van der Waals surface area (Å²) in [6.45, 7) is 0. The van der Waals surface area contributed by atoms with Crippen molar-refractivity contribution in [1.82, 2.24) is 4.98 Å². The molecule has 0 aliphatic carbocycles. The first-order chi connectivity index (χ1) is 14.6. The number of amides is 1. The van der Waals surface area contributed by atoms with Gasteiger partial charge in [-0.1, -0.05) is 60.7 Å². The molecule has 1 amide bonds. The third-order valence-corrected chi connectivity index (χ3v) is 4.78. The van der Waals surface area contributed by atoms with Gasteiger partial charge in [0.15, 0.2) is 0 Å². The van der Waals surface area contributed by atoms with Gasteiger partial charge in [-0.3, -0.25) is 9.59 Å². The van der Waals surface area contributed by atoms with Crippen molar-refractivity contribution in [3.05, 3.63) is 107 Å². The molecule has 3 aromatic carbocycles. The fourth-order valence-electron chi connectivity index (χ4n) is 3.19. The van der Waals surface area contributed by atoms with Crippen LogP contribution in [-0.2, 0) is 0 Å². The zero-order chi connectivity index (χ0) is 20.9. The largest absolute Gasteiger partial charge is 0.497 e. The Balaban J connectivity index is 1.54. The van der Waals surface area contributed by atoms with Crippen LogP contribution in [0.15, 0.2) is 95.8 Å². The molecule has 5 nitrogen and oxygen atoms in total. The topological polar surface area (TPSA) is 71.2 Å². The van der Waals surface area contributed by atoms with Gasteiger partial charge in [-0.2, -0.15) is 0 Å². The Morgan fingerprint density at radius 3 is 2.20 bits per heavy atom. The number of carbonyl (C=O) groups excluding carboxylic acids is 1. The van der Waals surface area contributed by atoms with E-state index in [9.17, 15) is 9.59 Å². The molecule has 30 heavy (non-hydrogen) atoms. The minimum atomic E-state index is -0.476. The molecule has 0 radical (unpaired) electrons. The number of aromatic amines is 1. The van der Waals surface area contributed by atoms with Crippen LogP contribution in [0.2, 0.25) is 0 Å². The molecule has 0 aliphatic heterocycles. The number of hydrogen-bond acceptors (Lipinski definition) is 3. The second kappa shape index (κ2) is 8.49. The van der Waals surface area contributed by atoms with E-state index in [4.69, 9.17) is 4.74 Å². The summed E-state index contributed by atoms with van der Waals surface area (Å²) in [6, 6.07) is 28.2. The van der Waals surface area contributed by atoms with Crippen molar-refractivity contribution < 1.29 is 9.53 Å². The molecule has 0 aliphatic rings. The number of methoxy groups -OCH3 is 1. The van der Waals surface area contributed by atoms with Crippen LogP contribution in [0.25, 0.3) is 22.4 Å². The highest BCUT2D eigenvalue weighted by Gasteiger charge is 2.12. The maximum absolute atomic E-state index is 12.5. The Morgan fingerprint density at radius 2 is 1.50 bits per heavy atom. The van der Waals surface area contributed by atoms with Gasteiger partial charge in [-0.05, 0) is 41.0 Å². The number of pyridine rings is 1. The van der Waals surface area contributed by atoms with Crippen LogP contribution in [0.1, 0.15) is 10.4 Å². The van der Waals surface area contributed by atoms with E-state index in [2.05, 4.69) is 10.3 Å². The number of nitrogens with one attached hydrogen (secondary N) is 2. The average molecular weight is 396 g/mol. The fourth-order valence-corrected chi connectivity index (χ4v) is 3.19. The summed E-state index contributed by atoms with van der Waals surface area (Å²) >= 11 is 0. The molecule has 0 fully saturated rings. The van der Waals surface area contributed by atoms with E-state index in [1.54, 1.807) is 37.4 Å². The van der Waals surface area contributed by atoms with Crippen molar-refractivity contribution in [1.29, 1.82) is 0 Å². The van der Waals surface area contributed by atoms with E-state index in [1.807, 2.05) is 54.6 Å². The van der Waals surface area contributed by atoms with E-state index in [0.29, 0.717) is 17.1 Å². The summed E-state index contributed by atoms with van der Waals surface area (Å²) in [5.41, 5.74) is 3.89. The van der Waals surface area contributed by atoms with Crippen LogP contribution in [0.3, 0.4) is 0 Å². The molecule has 0 bridgehead atoms. The first-order valence-electron chi connectivity index (χ1n) is 9.48. The number of hydrogen-bond donors (Lipinski definition) is 2. The number of ether oxygens (including phenoxy) is 1. The van der Waals surface area contributed by atoms with Crippen molar-refractivity contribution in [2.75, 3.05) is 12.4 Å². The molecule has 0 saturated heterocycles. The number of anilines is 1. The fraction of sp³-hybridized carbons (Fsp3) is 0.0400. The molecule has 2 N–H and O–H groups in total. The molecule has 1 heterocycles. The summed E-state index contributed by atoms with van der Waals surface area (Å²) in [7, 11) is 1.55. The summed E-state index contributed by atoms with van der Waals surface area (Å²) in [5.74, 6) is 0.145. The van der Waals surface area contributed by atoms with Crippen molar-refractivity contribution in [3.8, 4) is 28.1 Å². The Bertz CT molecular complexity index is 1230. The van der Waals surface area contributed by atoms with Crippen molar-refractivity contribution in [2.45, 2.75) is 0 Å².